The van der Waals surface area contributed by atoms with Crippen LogP contribution in [0, 0.1) is 0 Å². The SMILES string of the molecule is Clc1cccc(N2NC(/C=C/c3ccccc3)=C[C@@H]2c2ccccc2)c1. The first-order valence-corrected chi connectivity index (χ1v) is 8.99. The van der Waals surface area contributed by atoms with Crippen LogP contribution in [0.5, 0.6) is 0 Å². The molecule has 1 aliphatic rings. The average molecular weight is 359 g/mol. The van der Waals surface area contributed by atoms with E-state index in [1.807, 2.05) is 42.5 Å². The van der Waals surface area contributed by atoms with E-state index in [2.05, 4.69) is 71.1 Å². The summed E-state index contributed by atoms with van der Waals surface area (Å²) in [6.45, 7) is 0. The van der Waals surface area contributed by atoms with Crippen LogP contribution in [0.2, 0.25) is 5.02 Å². The Hall–Kier alpha value is -2.97. The molecular weight excluding hydrogens is 340 g/mol. The van der Waals surface area contributed by atoms with Crippen LogP contribution < -0.4 is 10.4 Å². The third-order valence-corrected chi connectivity index (χ3v) is 4.58. The van der Waals surface area contributed by atoms with E-state index in [9.17, 15) is 0 Å². The van der Waals surface area contributed by atoms with E-state index < -0.39 is 0 Å². The van der Waals surface area contributed by atoms with Crippen molar-refractivity contribution < 1.29 is 0 Å². The second-order valence-corrected chi connectivity index (χ2v) is 6.62. The molecule has 0 aromatic heterocycles. The van der Waals surface area contributed by atoms with E-state index in [0.717, 1.165) is 16.4 Å². The molecule has 0 radical (unpaired) electrons. The van der Waals surface area contributed by atoms with Crippen LogP contribution in [0.15, 0.2) is 103 Å². The fourth-order valence-electron chi connectivity index (χ4n) is 3.08. The van der Waals surface area contributed by atoms with Crippen molar-refractivity contribution >= 4 is 23.4 Å². The molecule has 3 aromatic rings. The predicted molar refractivity (Wildman–Crippen MR) is 110 cm³/mol. The maximum absolute atomic E-state index is 6.21. The summed E-state index contributed by atoms with van der Waals surface area (Å²) < 4.78 is 0. The summed E-state index contributed by atoms with van der Waals surface area (Å²) in [6, 6.07) is 28.8. The first kappa shape index (κ1) is 16.5. The van der Waals surface area contributed by atoms with E-state index in [-0.39, 0.29) is 6.04 Å². The Kier molecular flexibility index (Phi) is 4.76. The number of hydrogen-bond acceptors (Lipinski definition) is 2. The van der Waals surface area contributed by atoms with Gasteiger partial charge in [0.05, 0.1) is 17.4 Å². The smallest absolute Gasteiger partial charge is 0.0958 e. The monoisotopic (exact) mass is 358 g/mol. The molecule has 0 aliphatic carbocycles. The molecule has 0 amide bonds. The van der Waals surface area contributed by atoms with Crippen LogP contribution in [0.25, 0.3) is 6.08 Å². The van der Waals surface area contributed by atoms with Gasteiger partial charge in [0, 0.05) is 5.02 Å². The minimum Gasteiger partial charge on any atom is -0.298 e. The van der Waals surface area contributed by atoms with Gasteiger partial charge in [-0.2, -0.15) is 0 Å². The molecule has 1 N–H and O–H groups in total. The van der Waals surface area contributed by atoms with Crippen molar-refractivity contribution in [3.63, 3.8) is 0 Å². The zero-order valence-electron chi connectivity index (χ0n) is 14.2. The van der Waals surface area contributed by atoms with Crippen LogP contribution >= 0.6 is 11.6 Å². The Balaban J connectivity index is 1.66. The molecule has 1 heterocycles. The number of benzene rings is 3. The fraction of sp³-hybridized carbons (Fsp3) is 0.0435. The van der Waals surface area contributed by atoms with Crippen LogP contribution in [-0.4, -0.2) is 0 Å². The predicted octanol–water partition coefficient (Wildman–Crippen LogP) is 6.00. The molecule has 3 aromatic carbocycles. The quantitative estimate of drug-likeness (QED) is 0.615. The van der Waals surface area contributed by atoms with Crippen LogP contribution in [0.1, 0.15) is 17.2 Å². The third kappa shape index (κ3) is 3.66. The molecule has 0 fully saturated rings. The lowest BCUT2D eigenvalue weighted by Crippen LogP contribution is -2.34. The maximum atomic E-state index is 6.21. The highest BCUT2D eigenvalue weighted by Gasteiger charge is 2.25. The van der Waals surface area contributed by atoms with Crippen LogP contribution in [0.3, 0.4) is 0 Å². The van der Waals surface area contributed by atoms with Crippen LogP contribution in [-0.2, 0) is 0 Å². The lowest BCUT2D eigenvalue weighted by molar-refractivity contribution is 0.710. The van der Waals surface area contributed by atoms with Gasteiger partial charge >= 0.3 is 0 Å². The van der Waals surface area contributed by atoms with Gasteiger partial charge < -0.3 is 0 Å². The molecule has 1 aliphatic heterocycles. The van der Waals surface area contributed by atoms with Gasteiger partial charge in [-0.25, -0.2) is 0 Å². The summed E-state index contributed by atoms with van der Waals surface area (Å²) in [5.74, 6) is 0. The highest BCUT2D eigenvalue weighted by molar-refractivity contribution is 6.30. The topological polar surface area (TPSA) is 15.3 Å². The van der Waals surface area contributed by atoms with Gasteiger partial charge in [-0.3, -0.25) is 10.4 Å². The van der Waals surface area contributed by atoms with Gasteiger partial charge in [0.25, 0.3) is 0 Å². The Bertz CT molecular complexity index is 933. The average Bonchev–Trinajstić information content (AvgIpc) is 3.12. The number of nitrogens with one attached hydrogen (secondary N) is 1. The molecule has 26 heavy (non-hydrogen) atoms. The van der Waals surface area contributed by atoms with Crippen molar-refractivity contribution in [1.82, 2.24) is 5.43 Å². The largest absolute Gasteiger partial charge is 0.298 e. The lowest BCUT2D eigenvalue weighted by atomic mass is 10.1. The molecule has 4 rings (SSSR count). The molecule has 0 spiro atoms. The van der Waals surface area contributed by atoms with Crippen molar-refractivity contribution in [3.05, 3.63) is 119 Å². The van der Waals surface area contributed by atoms with Gasteiger partial charge in [-0.05, 0) is 41.5 Å². The number of anilines is 1. The number of hydrazine groups is 1. The molecule has 1 atom stereocenters. The molecule has 0 saturated carbocycles. The van der Waals surface area contributed by atoms with E-state index in [1.165, 1.54) is 11.1 Å². The highest BCUT2D eigenvalue weighted by Crippen LogP contribution is 2.33. The van der Waals surface area contributed by atoms with E-state index in [1.54, 1.807) is 0 Å². The molecular formula is C23H19ClN2. The zero-order chi connectivity index (χ0) is 17.8. The third-order valence-electron chi connectivity index (χ3n) is 4.35. The summed E-state index contributed by atoms with van der Waals surface area (Å²) in [6.07, 6.45) is 6.45. The summed E-state index contributed by atoms with van der Waals surface area (Å²) in [5.41, 5.74) is 7.99. The van der Waals surface area contributed by atoms with Crippen molar-refractivity contribution in [2.75, 3.05) is 5.01 Å². The summed E-state index contributed by atoms with van der Waals surface area (Å²) >= 11 is 6.21. The zero-order valence-corrected chi connectivity index (χ0v) is 15.0. The Morgan fingerprint density at radius 2 is 1.54 bits per heavy atom. The molecule has 2 nitrogen and oxygen atoms in total. The number of halogens is 1. The normalized spacial score (nSPS) is 16.6. The van der Waals surface area contributed by atoms with Crippen LogP contribution in [0.4, 0.5) is 5.69 Å². The lowest BCUT2D eigenvalue weighted by Gasteiger charge is -2.27. The Morgan fingerprint density at radius 3 is 2.27 bits per heavy atom. The van der Waals surface area contributed by atoms with Crippen molar-refractivity contribution in [2.45, 2.75) is 6.04 Å². The van der Waals surface area contributed by atoms with Gasteiger partial charge in [-0.15, -0.1) is 0 Å². The second-order valence-electron chi connectivity index (χ2n) is 6.18. The molecule has 3 heteroatoms. The van der Waals surface area contributed by atoms with Crippen molar-refractivity contribution in [1.29, 1.82) is 0 Å². The maximum Gasteiger partial charge on any atom is 0.0958 e. The summed E-state index contributed by atoms with van der Waals surface area (Å²) in [7, 11) is 0. The van der Waals surface area contributed by atoms with E-state index in [4.69, 9.17) is 11.6 Å². The van der Waals surface area contributed by atoms with Crippen molar-refractivity contribution in [2.24, 2.45) is 0 Å². The van der Waals surface area contributed by atoms with Gasteiger partial charge in [0.15, 0.2) is 0 Å². The summed E-state index contributed by atoms with van der Waals surface area (Å²) in [5, 5.41) is 2.87. The molecule has 0 unspecified atom stereocenters. The van der Waals surface area contributed by atoms with E-state index in [0.29, 0.717) is 0 Å². The standard InChI is InChI=1S/C23H19ClN2/c24-20-12-7-13-22(16-20)26-23(19-10-5-2-6-11-19)17-21(25-26)15-14-18-8-3-1-4-9-18/h1-17,23,25H/b15-14+/t23-/m1/s1. The van der Waals surface area contributed by atoms with Gasteiger partial charge in [0.2, 0.25) is 0 Å². The Labute approximate surface area is 159 Å². The molecule has 0 saturated heterocycles. The minimum absolute atomic E-state index is 0.102. The summed E-state index contributed by atoms with van der Waals surface area (Å²) in [4.78, 5) is 0. The molecule has 0 bridgehead atoms. The highest BCUT2D eigenvalue weighted by atomic mass is 35.5. The minimum atomic E-state index is 0.102. The number of allylic oxidation sites excluding steroid dienone is 1. The van der Waals surface area contributed by atoms with Gasteiger partial charge in [-0.1, -0.05) is 84.4 Å². The number of hydrogen-bond donors (Lipinski definition) is 1. The van der Waals surface area contributed by atoms with Gasteiger partial charge in [0.1, 0.15) is 0 Å². The Morgan fingerprint density at radius 1 is 0.808 bits per heavy atom. The second kappa shape index (κ2) is 7.51. The number of nitrogens with zero attached hydrogens (tertiary/aromatic N) is 1. The van der Waals surface area contributed by atoms with Crippen molar-refractivity contribution in [3.8, 4) is 0 Å². The fourth-order valence-corrected chi connectivity index (χ4v) is 3.26. The number of rotatable bonds is 4. The molecule has 128 valence electrons. The first-order chi connectivity index (χ1) is 12.8. The van der Waals surface area contributed by atoms with E-state index >= 15 is 0 Å². The first-order valence-electron chi connectivity index (χ1n) is 8.61.